The largest absolute Gasteiger partial charge is 0.368 e. The molecule has 144 valence electrons. The van der Waals surface area contributed by atoms with Crippen molar-refractivity contribution < 1.29 is 4.39 Å². The van der Waals surface area contributed by atoms with E-state index in [0.717, 1.165) is 54.8 Å². The molecule has 4 rings (SSSR count). The lowest BCUT2D eigenvalue weighted by Gasteiger charge is -2.36. The monoisotopic (exact) mass is 378 g/mol. The minimum Gasteiger partial charge on any atom is -0.368 e. The predicted octanol–water partition coefficient (Wildman–Crippen LogP) is 3.26. The number of aryl methyl sites for hydroxylation is 1. The van der Waals surface area contributed by atoms with Crippen LogP contribution in [0.4, 0.5) is 21.7 Å². The third-order valence-corrected chi connectivity index (χ3v) is 4.88. The Morgan fingerprint density at radius 3 is 2.43 bits per heavy atom. The van der Waals surface area contributed by atoms with Crippen LogP contribution in [0.15, 0.2) is 55.0 Å². The average molecular weight is 378 g/mol. The summed E-state index contributed by atoms with van der Waals surface area (Å²) in [5, 5.41) is 3.33. The second kappa shape index (κ2) is 8.21. The third-order valence-electron chi connectivity index (χ3n) is 4.88. The number of halogens is 1. The Morgan fingerprint density at radius 1 is 0.929 bits per heavy atom. The fraction of sp³-hybridized carbons (Fsp3) is 0.286. The Morgan fingerprint density at radius 2 is 1.68 bits per heavy atom. The van der Waals surface area contributed by atoms with Gasteiger partial charge in [0, 0.05) is 56.4 Å². The van der Waals surface area contributed by atoms with E-state index in [9.17, 15) is 4.39 Å². The van der Waals surface area contributed by atoms with E-state index in [1.165, 1.54) is 12.1 Å². The van der Waals surface area contributed by atoms with Crippen LogP contribution in [-0.2, 0) is 6.54 Å². The Hall–Kier alpha value is -3.22. The van der Waals surface area contributed by atoms with Crippen molar-refractivity contribution in [3.05, 3.63) is 72.1 Å². The van der Waals surface area contributed by atoms with Crippen molar-refractivity contribution in [1.29, 1.82) is 0 Å². The predicted molar refractivity (Wildman–Crippen MR) is 109 cm³/mol. The van der Waals surface area contributed by atoms with Gasteiger partial charge in [-0.1, -0.05) is 0 Å². The summed E-state index contributed by atoms with van der Waals surface area (Å²) in [7, 11) is 0. The van der Waals surface area contributed by atoms with Crippen LogP contribution in [0, 0.1) is 12.7 Å². The molecule has 7 heteroatoms. The fourth-order valence-electron chi connectivity index (χ4n) is 3.33. The van der Waals surface area contributed by atoms with E-state index in [-0.39, 0.29) is 5.82 Å². The van der Waals surface area contributed by atoms with Gasteiger partial charge in [0.25, 0.3) is 0 Å². The molecule has 0 bridgehead atoms. The first-order valence-electron chi connectivity index (χ1n) is 9.40. The standard InChI is InChI=1S/C21H23FN6/c1-16-12-20(26-15-25-16)24-14-17-6-7-23-21(13-17)28-10-8-27(9-11-28)19-4-2-18(22)3-5-19/h2-7,12-13,15H,8-11,14H2,1H3,(H,24,25,26). The summed E-state index contributed by atoms with van der Waals surface area (Å²) in [6.45, 7) is 6.16. The second-order valence-corrected chi connectivity index (χ2v) is 6.87. The molecule has 1 N–H and O–H groups in total. The van der Waals surface area contributed by atoms with E-state index in [4.69, 9.17) is 0 Å². The first-order chi connectivity index (χ1) is 13.7. The normalized spacial score (nSPS) is 14.2. The maximum atomic E-state index is 13.1. The lowest BCUT2D eigenvalue weighted by Crippen LogP contribution is -2.46. The first kappa shape index (κ1) is 18.2. The molecule has 1 aliphatic heterocycles. The average Bonchev–Trinajstić information content (AvgIpc) is 2.73. The van der Waals surface area contributed by atoms with Gasteiger partial charge in [0.2, 0.25) is 0 Å². The van der Waals surface area contributed by atoms with Crippen molar-refractivity contribution in [3.63, 3.8) is 0 Å². The number of benzene rings is 1. The minimum atomic E-state index is -0.200. The number of hydrogen-bond acceptors (Lipinski definition) is 6. The molecule has 0 saturated carbocycles. The highest BCUT2D eigenvalue weighted by Gasteiger charge is 2.18. The summed E-state index contributed by atoms with van der Waals surface area (Å²) in [6.07, 6.45) is 3.42. The van der Waals surface area contributed by atoms with Gasteiger partial charge in [0.1, 0.15) is 23.8 Å². The molecule has 3 aromatic rings. The number of aromatic nitrogens is 3. The highest BCUT2D eigenvalue weighted by atomic mass is 19.1. The van der Waals surface area contributed by atoms with Gasteiger partial charge in [-0.3, -0.25) is 0 Å². The van der Waals surface area contributed by atoms with Crippen LogP contribution < -0.4 is 15.1 Å². The van der Waals surface area contributed by atoms with Gasteiger partial charge in [-0.05, 0) is 48.9 Å². The van der Waals surface area contributed by atoms with Crippen molar-refractivity contribution >= 4 is 17.3 Å². The van der Waals surface area contributed by atoms with Crippen molar-refractivity contribution in [2.75, 3.05) is 41.3 Å². The van der Waals surface area contributed by atoms with Crippen LogP contribution in [-0.4, -0.2) is 41.1 Å². The zero-order chi connectivity index (χ0) is 19.3. The molecule has 2 aromatic heterocycles. The number of hydrogen-bond donors (Lipinski definition) is 1. The van der Waals surface area contributed by atoms with Gasteiger partial charge in [-0.2, -0.15) is 0 Å². The van der Waals surface area contributed by atoms with Crippen molar-refractivity contribution in [2.24, 2.45) is 0 Å². The molecule has 0 spiro atoms. The molecule has 0 amide bonds. The highest BCUT2D eigenvalue weighted by Crippen LogP contribution is 2.20. The minimum absolute atomic E-state index is 0.200. The van der Waals surface area contributed by atoms with Crippen LogP contribution in [0.25, 0.3) is 0 Å². The number of nitrogens with zero attached hydrogens (tertiary/aromatic N) is 5. The van der Waals surface area contributed by atoms with Gasteiger partial charge in [0.15, 0.2) is 0 Å². The van der Waals surface area contributed by atoms with Gasteiger partial charge >= 0.3 is 0 Å². The van der Waals surface area contributed by atoms with E-state index >= 15 is 0 Å². The smallest absolute Gasteiger partial charge is 0.129 e. The molecule has 6 nitrogen and oxygen atoms in total. The maximum absolute atomic E-state index is 13.1. The molecule has 0 aliphatic carbocycles. The Labute approximate surface area is 164 Å². The molecule has 1 aliphatic rings. The topological polar surface area (TPSA) is 57.2 Å². The summed E-state index contributed by atoms with van der Waals surface area (Å²) in [5.74, 6) is 1.60. The van der Waals surface area contributed by atoms with Gasteiger partial charge in [0.05, 0.1) is 0 Å². The van der Waals surface area contributed by atoms with Crippen molar-refractivity contribution in [1.82, 2.24) is 15.0 Å². The summed E-state index contributed by atoms with van der Waals surface area (Å²) in [6, 6.07) is 12.8. The molecule has 1 saturated heterocycles. The highest BCUT2D eigenvalue weighted by molar-refractivity contribution is 5.50. The lowest BCUT2D eigenvalue weighted by atomic mass is 10.2. The molecule has 3 heterocycles. The number of pyridine rings is 1. The van der Waals surface area contributed by atoms with E-state index in [1.807, 2.05) is 37.4 Å². The van der Waals surface area contributed by atoms with Crippen LogP contribution in [0.3, 0.4) is 0 Å². The molecule has 1 fully saturated rings. The Balaban J connectivity index is 1.36. The van der Waals surface area contributed by atoms with Crippen LogP contribution in [0.5, 0.6) is 0 Å². The lowest BCUT2D eigenvalue weighted by molar-refractivity contribution is 0.624. The van der Waals surface area contributed by atoms with Gasteiger partial charge in [-0.25, -0.2) is 19.3 Å². The number of piperazine rings is 1. The molecule has 1 aromatic carbocycles. The van der Waals surface area contributed by atoms with Crippen LogP contribution >= 0.6 is 0 Å². The van der Waals surface area contributed by atoms with E-state index in [2.05, 4.69) is 36.1 Å². The summed E-state index contributed by atoms with van der Waals surface area (Å²) < 4.78 is 13.1. The third kappa shape index (κ3) is 4.36. The zero-order valence-electron chi connectivity index (χ0n) is 15.8. The quantitative estimate of drug-likeness (QED) is 0.736. The molecule has 0 radical (unpaired) electrons. The van der Waals surface area contributed by atoms with Crippen molar-refractivity contribution in [2.45, 2.75) is 13.5 Å². The van der Waals surface area contributed by atoms with Gasteiger partial charge < -0.3 is 15.1 Å². The van der Waals surface area contributed by atoms with Crippen LogP contribution in [0.1, 0.15) is 11.3 Å². The summed E-state index contributed by atoms with van der Waals surface area (Å²) in [4.78, 5) is 17.5. The Bertz CT molecular complexity index is 922. The van der Waals surface area contributed by atoms with Crippen LogP contribution in [0.2, 0.25) is 0 Å². The summed E-state index contributed by atoms with van der Waals surface area (Å²) >= 11 is 0. The second-order valence-electron chi connectivity index (χ2n) is 6.87. The van der Waals surface area contributed by atoms with E-state index in [0.29, 0.717) is 6.54 Å². The molecule has 28 heavy (non-hydrogen) atoms. The molecule has 0 unspecified atom stereocenters. The van der Waals surface area contributed by atoms with E-state index < -0.39 is 0 Å². The molecule has 0 atom stereocenters. The molecular weight excluding hydrogens is 355 g/mol. The maximum Gasteiger partial charge on any atom is 0.129 e. The van der Waals surface area contributed by atoms with E-state index in [1.54, 1.807) is 6.33 Å². The fourth-order valence-corrected chi connectivity index (χ4v) is 3.33. The zero-order valence-corrected chi connectivity index (χ0v) is 15.8. The first-order valence-corrected chi connectivity index (χ1v) is 9.40. The van der Waals surface area contributed by atoms with Gasteiger partial charge in [-0.15, -0.1) is 0 Å². The number of nitrogens with one attached hydrogen (secondary N) is 1. The SMILES string of the molecule is Cc1cc(NCc2ccnc(N3CCN(c4ccc(F)cc4)CC3)c2)ncn1. The number of anilines is 3. The summed E-state index contributed by atoms with van der Waals surface area (Å²) in [5.41, 5.74) is 3.15. The van der Waals surface area contributed by atoms with Crippen molar-refractivity contribution in [3.8, 4) is 0 Å². The Kier molecular flexibility index (Phi) is 5.32. The number of rotatable bonds is 5. The molecular formula is C21H23FN6.